The number of para-hydroxylation sites is 1. The minimum atomic E-state index is -1.00. The lowest BCUT2D eigenvalue weighted by atomic mass is 10.0. The number of hydrogen-bond donors (Lipinski definition) is 5. The molecule has 0 aliphatic heterocycles. The molecule has 0 spiro atoms. The fourth-order valence-corrected chi connectivity index (χ4v) is 1.62. The Kier molecular flexibility index (Phi) is 2.92. The summed E-state index contributed by atoms with van der Waals surface area (Å²) in [5.41, 5.74) is -0.545. The Morgan fingerprint density at radius 1 is 0.737 bits per heavy atom. The van der Waals surface area contributed by atoms with Gasteiger partial charge in [0.2, 0.25) is 17.3 Å². The number of carbonyl (C=O) groups is 1. The molecule has 2 rings (SSSR count). The van der Waals surface area contributed by atoms with E-state index in [1.54, 1.807) is 0 Å². The number of phenolic OH excluding ortho intramolecular Hbond substituents is 5. The topological polar surface area (TPSA) is 118 Å². The Morgan fingerprint density at radius 3 is 2.00 bits per heavy atom. The predicted octanol–water partition coefficient (Wildman–Crippen LogP) is 1.45. The van der Waals surface area contributed by atoms with Gasteiger partial charge in [0, 0.05) is 0 Å². The van der Waals surface area contributed by atoms with Gasteiger partial charge in [0.05, 0.1) is 11.1 Å². The lowest BCUT2D eigenvalue weighted by Gasteiger charge is -2.09. The number of aromatic hydroxyl groups is 5. The molecule has 19 heavy (non-hydrogen) atoms. The van der Waals surface area contributed by atoms with Gasteiger partial charge < -0.3 is 25.5 Å². The van der Waals surface area contributed by atoms with E-state index in [2.05, 4.69) is 0 Å². The molecule has 0 amide bonds. The number of benzene rings is 2. The summed E-state index contributed by atoms with van der Waals surface area (Å²) in [5, 5.41) is 47.0. The third-order valence-electron chi connectivity index (χ3n) is 2.62. The van der Waals surface area contributed by atoms with E-state index in [0.717, 1.165) is 6.07 Å². The molecule has 0 heterocycles. The molecule has 6 nitrogen and oxygen atoms in total. The molecule has 0 bridgehead atoms. The van der Waals surface area contributed by atoms with Gasteiger partial charge >= 0.3 is 0 Å². The van der Waals surface area contributed by atoms with Gasteiger partial charge in [-0.1, -0.05) is 12.1 Å². The van der Waals surface area contributed by atoms with Crippen LogP contribution in [0, 0.1) is 0 Å². The summed E-state index contributed by atoms with van der Waals surface area (Å²) in [6.07, 6.45) is 0. The van der Waals surface area contributed by atoms with Gasteiger partial charge in [-0.2, -0.15) is 0 Å². The van der Waals surface area contributed by atoms with Crippen molar-refractivity contribution in [3.63, 3.8) is 0 Å². The van der Waals surface area contributed by atoms with Crippen LogP contribution >= 0.6 is 0 Å². The SMILES string of the molecule is O=C(c1ccccc1O)c1cc(O)c(O)c(O)c1O. The highest BCUT2D eigenvalue weighted by Crippen LogP contribution is 2.44. The summed E-state index contributed by atoms with van der Waals surface area (Å²) < 4.78 is 0. The van der Waals surface area contributed by atoms with Crippen molar-refractivity contribution in [1.82, 2.24) is 0 Å². The van der Waals surface area contributed by atoms with Crippen molar-refractivity contribution in [2.45, 2.75) is 0 Å². The smallest absolute Gasteiger partial charge is 0.205 e. The van der Waals surface area contributed by atoms with Crippen molar-refractivity contribution < 1.29 is 30.3 Å². The molecule has 0 saturated heterocycles. The molecule has 0 saturated carbocycles. The fourth-order valence-electron chi connectivity index (χ4n) is 1.62. The minimum Gasteiger partial charge on any atom is -0.507 e. The molecule has 0 unspecified atom stereocenters. The van der Waals surface area contributed by atoms with Gasteiger partial charge in [0.15, 0.2) is 11.5 Å². The van der Waals surface area contributed by atoms with Gasteiger partial charge in [-0.25, -0.2) is 0 Å². The molecule has 6 heteroatoms. The normalized spacial score (nSPS) is 10.3. The van der Waals surface area contributed by atoms with Crippen LogP contribution < -0.4 is 0 Å². The first kappa shape index (κ1) is 12.6. The van der Waals surface area contributed by atoms with E-state index in [0.29, 0.717) is 0 Å². The summed E-state index contributed by atoms with van der Waals surface area (Å²) in [4.78, 5) is 12.1. The maximum Gasteiger partial charge on any atom is 0.205 e. The number of phenols is 5. The van der Waals surface area contributed by atoms with Crippen LogP contribution in [0.2, 0.25) is 0 Å². The molecule has 98 valence electrons. The number of hydrogen-bond acceptors (Lipinski definition) is 6. The third kappa shape index (κ3) is 1.99. The molecule has 0 aliphatic carbocycles. The molecule has 0 radical (unpaired) electrons. The fraction of sp³-hybridized carbons (Fsp3) is 0. The summed E-state index contributed by atoms with van der Waals surface area (Å²) >= 11 is 0. The Bertz CT molecular complexity index is 662. The number of ketones is 1. The highest BCUT2D eigenvalue weighted by atomic mass is 16.3. The van der Waals surface area contributed by atoms with E-state index >= 15 is 0 Å². The van der Waals surface area contributed by atoms with E-state index in [4.69, 9.17) is 0 Å². The van der Waals surface area contributed by atoms with Crippen molar-refractivity contribution in [2.75, 3.05) is 0 Å². The first-order valence-corrected chi connectivity index (χ1v) is 5.23. The molecule has 5 N–H and O–H groups in total. The molecule has 0 atom stereocenters. The average Bonchev–Trinajstić information content (AvgIpc) is 2.40. The molecular formula is C13H10O6. The van der Waals surface area contributed by atoms with Crippen molar-refractivity contribution in [3.8, 4) is 28.7 Å². The van der Waals surface area contributed by atoms with Gasteiger partial charge in [-0.05, 0) is 18.2 Å². The molecule has 2 aromatic carbocycles. The average molecular weight is 262 g/mol. The van der Waals surface area contributed by atoms with Crippen LogP contribution in [0.1, 0.15) is 15.9 Å². The lowest BCUT2D eigenvalue weighted by molar-refractivity contribution is 0.103. The summed E-state index contributed by atoms with van der Waals surface area (Å²) in [6, 6.07) is 6.42. The Balaban J connectivity index is 2.61. The van der Waals surface area contributed by atoms with Crippen LogP contribution in [0.15, 0.2) is 30.3 Å². The maximum absolute atomic E-state index is 12.1. The highest BCUT2D eigenvalue weighted by Gasteiger charge is 2.23. The van der Waals surface area contributed by atoms with Gasteiger partial charge in [-0.3, -0.25) is 4.79 Å². The van der Waals surface area contributed by atoms with Crippen LogP contribution in [-0.2, 0) is 0 Å². The van der Waals surface area contributed by atoms with E-state index < -0.39 is 34.3 Å². The lowest BCUT2D eigenvalue weighted by Crippen LogP contribution is -2.02. The second kappa shape index (κ2) is 4.41. The quantitative estimate of drug-likeness (QED) is 0.317. The van der Waals surface area contributed by atoms with Crippen molar-refractivity contribution >= 4 is 5.78 Å². The largest absolute Gasteiger partial charge is 0.507 e. The second-order valence-corrected chi connectivity index (χ2v) is 3.84. The Morgan fingerprint density at radius 2 is 1.37 bits per heavy atom. The molecule has 2 aromatic rings. The molecule has 0 aromatic heterocycles. The second-order valence-electron chi connectivity index (χ2n) is 3.84. The summed E-state index contributed by atoms with van der Waals surface area (Å²) in [5.74, 6) is -4.66. The highest BCUT2D eigenvalue weighted by molar-refractivity contribution is 6.13. The zero-order valence-corrected chi connectivity index (χ0v) is 9.53. The van der Waals surface area contributed by atoms with Crippen LogP contribution in [0.3, 0.4) is 0 Å². The van der Waals surface area contributed by atoms with E-state index in [-0.39, 0.29) is 11.3 Å². The minimum absolute atomic E-state index is 0.109. The predicted molar refractivity (Wildman–Crippen MR) is 64.6 cm³/mol. The number of carbonyl (C=O) groups excluding carboxylic acids is 1. The Labute approximate surface area is 107 Å². The van der Waals surface area contributed by atoms with Crippen LogP contribution in [-0.4, -0.2) is 31.3 Å². The van der Waals surface area contributed by atoms with Crippen LogP contribution in [0.4, 0.5) is 0 Å². The maximum atomic E-state index is 12.1. The summed E-state index contributed by atoms with van der Waals surface area (Å²) in [6.45, 7) is 0. The van der Waals surface area contributed by atoms with Gasteiger partial charge in [0.1, 0.15) is 5.75 Å². The molecular weight excluding hydrogens is 252 g/mol. The first-order valence-electron chi connectivity index (χ1n) is 5.23. The van der Waals surface area contributed by atoms with Crippen LogP contribution in [0.5, 0.6) is 28.7 Å². The molecule has 0 aliphatic rings. The van der Waals surface area contributed by atoms with E-state index in [1.165, 1.54) is 24.3 Å². The Hall–Kier alpha value is -2.89. The monoisotopic (exact) mass is 262 g/mol. The van der Waals surface area contributed by atoms with Gasteiger partial charge in [0.25, 0.3) is 0 Å². The van der Waals surface area contributed by atoms with E-state index in [9.17, 15) is 30.3 Å². The molecule has 0 fully saturated rings. The van der Waals surface area contributed by atoms with E-state index in [1.807, 2.05) is 0 Å². The van der Waals surface area contributed by atoms with Crippen LogP contribution in [0.25, 0.3) is 0 Å². The summed E-state index contributed by atoms with van der Waals surface area (Å²) in [7, 11) is 0. The standard InChI is InChI=1S/C13H10O6/c14-8-4-2-1-3-6(8)10(16)7-5-9(15)12(18)13(19)11(7)17/h1-5,14-15,17-19H. The third-order valence-corrected chi connectivity index (χ3v) is 2.62. The van der Waals surface area contributed by atoms with Crippen molar-refractivity contribution in [3.05, 3.63) is 41.5 Å². The van der Waals surface area contributed by atoms with Gasteiger partial charge in [-0.15, -0.1) is 0 Å². The van der Waals surface area contributed by atoms with Crippen molar-refractivity contribution in [1.29, 1.82) is 0 Å². The zero-order valence-electron chi connectivity index (χ0n) is 9.53. The first-order chi connectivity index (χ1) is 8.93. The van der Waals surface area contributed by atoms with Crippen molar-refractivity contribution in [2.24, 2.45) is 0 Å². The zero-order chi connectivity index (χ0) is 14.2. The number of rotatable bonds is 2.